The molecule has 0 amide bonds. The van der Waals surface area contributed by atoms with Crippen LogP contribution in [0, 0.1) is 0 Å². The third kappa shape index (κ3) is 2.49. The van der Waals surface area contributed by atoms with E-state index in [0.717, 1.165) is 44.2 Å². The molecule has 0 atom stereocenters. The highest BCUT2D eigenvalue weighted by atomic mass is 16.5. The molecule has 4 heteroatoms. The molecule has 1 fully saturated rings. The van der Waals surface area contributed by atoms with Gasteiger partial charge in [0, 0.05) is 31.2 Å². The molecule has 0 aliphatic carbocycles. The van der Waals surface area contributed by atoms with Crippen molar-refractivity contribution in [2.24, 2.45) is 0 Å². The summed E-state index contributed by atoms with van der Waals surface area (Å²) in [7, 11) is 1.70. The Balaban J connectivity index is 2.05. The van der Waals surface area contributed by atoms with Gasteiger partial charge in [-0.3, -0.25) is 0 Å². The van der Waals surface area contributed by atoms with E-state index in [4.69, 9.17) is 4.74 Å². The van der Waals surface area contributed by atoms with Crippen LogP contribution in [0.3, 0.4) is 0 Å². The lowest BCUT2D eigenvalue weighted by Crippen LogP contribution is -2.28. The summed E-state index contributed by atoms with van der Waals surface area (Å²) in [6, 6.07) is 8.22. The Bertz CT molecular complexity index is 562. The number of nitrogens with one attached hydrogen (secondary N) is 1. The zero-order chi connectivity index (χ0) is 13.1. The van der Waals surface area contributed by atoms with Gasteiger partial charge in [0.15, 0.2) is 0 Å². The first-order chi connectivity index (χ1) is 9.38. The number of pyridine rings is 1. The van der Waals surface area contributed by atoms with Crippen molar-refractivity contribution in [2.75, 3.05) is 38.2 Å². The SMILES string of the molecule is COc1ccc2ccnc(N3CCCNCC3)c2c1. The number of benzene rings is 1. The molecule has 1 saturated heterocycles. The van der Waals surface area contributed by atoms with Crippen LogP contribution < -0.4 is 15.0 Å². The van der Waals surface area contributed by atoms with Gasteiger partial charge in [-0.2, -0.15) is 0 Å². The Hall–Kier alpha value is -1.81. The number of nitrogens with zero attached hydrogens (tertiary/aromatic N) is 2. The first kappa shape index (κ1) is 12.2. The third-order valence-electron chi connectivity index (χ3n) is 3.59. The van der Waals surface area contributed by atoms with E-state index in [1.54, 1.807) is 7.11 Å². The first-order valence-electron chi connectivity index (χ1n) is 6.77. The highest BCUT2D eigenvalue weighted by molar-refractivity contribution is 5.93. The molecule has 0 bridgehead atoms. The summed E-state index contributed by atoms with van der Waals surface area (Å²) in [4.78, 5) is 6.95. The molecule has 4 nitrogen and oxygen atoms in total. The molecule has 1 aliphatic heterocycles. The summed E-state index contributed by atoms with van der Waals surface area (Å²) in [6.07, 6.45) is 3.05. The van der Waals surface area contributed by atoms with Crippen LogP contribution in [0.1, 0.15) is 6.42 Å². The van der Waals surface area contributed by atoms with Gasteiger partial charge in [-0.25, -0.2) is 4.98 Å². The average Bonchev–Trinajstić information content (AvgIpc) is 2.75. The van der Waals surface area contributed by atoms with Gasteiger partial charge in [-0.1, -0.05) is 6.07 Å². The monoisotopic (exact) mass is 257 g/mol. The van der Waals surface area contributed by atoms with Gasteiger partial charge in [0.05, 0.1) is 7.11 Å². The Labute approximate surface area is 113 Å². The summed E-state index contributed by atoms with van der Waals surface area (Å²) in [6.45, 7) is 4.16. The molecular weight excluding hydrogens is 238 g/mol. The molecule has 2 heterocycles. The Morgan fingerprint density at radius 1 is 1.21 bits per heavy atom. The van der Waals surface area contributed by atoms with Crippen molar-refractivity contribution < 1.29 is 4.74 Å². The van der Waals surface area contributed by atoms with Gasteiger partial charge in [-0.15, -0.1) is 0 Å². The van der Waals surface area contributed by atoms with Crippen LogP contribution in [0.2, 0.25) is 0 Å². The van der Waals surface area contributed by atoms with Gasteiger partial charge in [-0.05, 0) is 36.6 Å². The number of rotatable bonds is 2. The highest BCUT2D eigenvalue weighted by Crippen LogP contribution is 2.28. The normalized spacial score (nSPS) is 16.4. The summed E-state index contributed by atoms with van der Waals surface area (Å²) < 4.78 is 5.33. The number of anilines is 1. The summed E-state index contributed by atoms with van der Waals surface area (Å²) in [5.41, 5.74) is 0. The Morgan fingerprint density at radius 2 is 2.16 bits per heavy atom. The fourth-order valence-electron chi connectivity index (χ4n) is 2.57. The van der Waals surface area contributed by atoms with Crippen LogP contribution in [-0.4, -0.2) is 38.3 Å². The van der Waals surface area contributed by atoms with Crippen LogP contribution >= 0.6 is 0 Å². The second-order valence-electron chi connectivity index (χ2n) is 4.81. The van der Waals surface area contributed by atoms with Crippen molar-refractivity contribution in [3.05, 3.63) is 30.5 Å². The van der Waals surface area contributed by atoms with Gasteiger partial charge in [0.1, 0.15) is 11.6 Å². The van der Waals surface area contributed by atoms with Crippen molar-refractivity contribution in [2.45, 2.75) is 6.42 Å². The van der Waals surface area contributed by atoms with Crippen LogP contribution in [-0.2, 0) is 0 Å². The number of methoxy groups -OCH3 is 1. The lowest BCUT2D eigenvalue weighted by Gasteiger charge is -2.22. The van der Waals surface area contributed by atoms with Gasteiger partial charge < -0.3 is 15.0 Å². The maximum Gasteiger partial charge on any atom is 0.136 e. The molecule has 2 aromatic rings. The summed E-state index contributed by atoms with van der Waals surface area (Å²) in [5, 5.41) is 5.80. The fraction of sp³-hybridized carbons (Fsp3) is 0.400. The van der Waals surface area contributed by atoms with Crippen molar-refractivity contribution in [1.82, 2.24) is 10.3 Å². The molecule has 100 valence electrons. The number of fused-ring (bicyclic) bond motifs is 1. The van der Waals surface area contributed by atoms with Crippen molar-refractivity contribution in [3.63, 3.8) is 0 Å². The van der Waals surface area contributed by atoms with E-state index in [1.165, 1.54) is 10.8 Å². The predicted octanol–water partition coefficient (Wildman–Crippen LogP) is 2.04. The minimum absolute atomic E-state index is 0.884. The summed E-state index contributed by atoms with van der Waals surface area (Å²) in [5.74, 6) is 1.95. The molecular formula is C15H19N3O. The maximum atomic E-state index is 5.33. The second-order valence-corrected chi connectivity index (χ2v) is 4.81. The lowest BCUT2D eigenvalue weighted by atomic mass is 10.1. The van der Waals surface area contributed by atoms with E-state index in [0.29, 0.717) is 0 Å². The summed E-state index contributed by atoms with van der Waals surface area (Å²) >= 11 is 0. The van der Waals surface area contributed by atoms with E-state index in [9.17, 15) is 0 Å². The highest BCUT2D eigenvalue weighted by Gasteiger charge is 2.13. The van der Waals surface area contributed by atoms with Crippen LogP contribution in [0.5, 0.6) is 5.75 Å². The molecule has 19 heavy (non-hydrogen) atoms. The molecule has 1 aliphatic rings. The number of ether oxygens (including phenoxy) is 1. The second kappa shape index (κ2) is 5.45. The van der Waals surface area contributed by atoms with Gasteiger partial charge >= 0.3 is 0 Å². The van der Waals surface area contributed by atoms with E-state index in [-0.39, 0.29) is 0 Å². The number of aromatic nitrogens is 1. The van der Waals surface area contributed by atoms with Gasteiger partial charge in [0.2, 0.25) is 0 Å². The molecule has 3 rings (SSSR count). The number of hydrogen-bond acceptors (Lipinski definition) is 4. The molecule has 0 radical (unpaired) electrons. The van der Waals surface area contributed by atoms with Crippen LogP contribution in [0.15, 0.2) is 30.5 Å². The third-order valence-corrected chi connectivity index (χ3v) is 3.59. The molecule has 0 saturated carbocycles. The zero-order valence-electron chi connectivity index (χ0n) is 11.2. The maximum absolute atomic E-state index is 5.33. The fourth-order valence-corrected chi connectivity index (χ4v) is 2.57. The van der Waals surface area contributed by atoms with Crippen LogP contribution in [0.25, 0.3) is 10.8 Å². The minimum atomic E-state index is 0.884. The largest absolute Gasteiger partial charge is 0.497 e. The lowest BCUT2D eigenvalue weighted by molar-refractivity contribution is 0.415. The zero-order valence-corrected chi connectivity index (χ0v) is 11.2. The van der Waals surface area contributed by atoms with E-state index < -0.39 is 0 Å². The van der Waals surface area contributed by atoms with Crippen molar-refractivity contribution in [1.29, 1.82) is 0 Å². The molecule has 1 aromatic carbocycles. The molecule has 1 aromatic heterocycles. The Morgan fingerprint density at radius 3 is 3.05 bits per heavy atom. The van der Waals surface area contributed by atoms with E-state index in [1.807, 2.05) is 18.3 Å². The topological polar surface area (TPSA) is 37.4 Å². The van der Waals surface area contributed by atoms with E-state index >= 15 is 0 Å². The smallest absolute Gasteiger partial charge is 0.136 e. The van der Waals surface area contributed by atoms with Crippen molar-refractivity contribution >= 4 is 16.6 Å². The predicted molar refractivity (Wildman–Crippen MR) is 78.0 cm³/mol. The average molecular weight is 257 g/mol. The van der Waals surface area contributed by atoms with E-state index in [2.05, 4.69) is 27.3 Å². The van der Waals surface area contributed by atoms with Crippen molar-refractivity contribution in [3.8, 4) is 5.75 Å². The first-order valence-corrected chi connectivity index (χ1v) is 6.77. The molecule has 1 N–H and O–H groups in total. The standard InChI is InChI=1S/C15H19N3O/c1-19-13-4-3-12-5-7-17-15(14(12)11-13)18-9-2-6-16-8-10-18/h3-5,7,11,16H,2,6,8-10H2,1H3. The quantitative estimate of drug-likeness (QED) is 0.893. The Kier molecular flexibility index (Phi) is 3.51. The number of hydrogen-bond donors (Lipinski definition) is 1. The van der Waals surface area contributed by atoms with Gasteiger partial charge in [0.25, 0.3) is 0 Å². The molecule has 0 unspecified atom stereocenters. The van der Waals surface area contributed by atoms with Crippen LogP contribution in [0.4, 0.5) is 5.82 Å². The molecule has 0 spiro atoms. The minimum Gasteiger partial charge on any atom is -0.497 e.